The topological polar surface area (TPSA) is 82.8 Å². The maximum absolute atomic E-state index is 11.4. The van der Waals surface area contributed by atoms with Gasteiger partial charge < -0.3 is 14.8 Å². The van der Waals surface area contributed by atoms with Gasteiger partial charge >= 0.3 is 5.97 Å². The molecule has 1 aliphatic rings. The van der Waals surface area contributed by atoms with Crippen LogP contribution >= 0.6 is 0 Å². The van der Waals surface area contributed by atoms with Crippen molar-refractivity contribution in [1.29, 1.82) is 0 Å². The Morgan fingerprint density at radius 1 is 1.61 bits per heavy atom. The van der Waals surface area contributed by atoms with Crippen molar-refractivity contribution in [2.45, 2.75) is 25.4 Å². The number of hydrogen-bond acceptors (Lipinski definition) is 4. The largest absolute Gasteiger partial charge is 0.481 e. The number of carbonyl (C=O) groups excluding carboxylic acids is 1. The number of aliphatic carboxylic acids is 1. The number of hydrogen-bond donors (Lipinski definition) is 2. The SMILES string of the molecule is O=C(O)CCC1CNC(=O)CN1Cc1ccco1. The minimum Gasteiger partial charge on any atom is -0.481 e. The minimum atomic E-state index is -0.815. The second-order valence-corrected chi connectivity index (χ2v) is 4.37. The Labute approximate surface area is 105 Å². The van der Waals surface area contributed by atoms with E-state index in [4.69, 9.17) is 9.52 Å². The molecule has 0 bridgehead atoms. The predicted molar refractivity (Wildman–Crippen MR) is 62.8 cm³/mol. The van der Waals surface area contributed by atoms with E-state index in [2.05, 4.69) is 5.32 Å². The molecule has 1 atom stereocenters. The highest BCUT2D eigenvalue weighted by Gasteiger charge is 2.27. The van der Waals surface area contributed by atoms with Gasteiger partial charge in [0.25, 0.3) is 0 Å². The minimum absolute atomic E-state index is 0.0341. The van der Waals surface area contributed by atoms with E-state index in [1.807, 2.05) is 11.0 Å². The van der Waals surface area contributed by atoms with Gasteiger partial charge in [0.15, 0.2) is 0 Å². The van der Waals surface area contributed by atoms with Crippen LogP contribution < -0.4 is 5.32 Å². The standard InChI is InChI=1S/C12H16N2O4/c15-11-8-14(7-10-2-1-5-18-10)9(6-13-11)3-4-12(16)17/h1-2,5,9H,3-4,6-8H2,(H,13,15)(H,16,17). The molecular weight excluding hydrogens is 236 g/mol. The average Bonchev–Trinajstić information content (AvgIpc) is 2.80. The third kappa shape index (κ3) is 3.33. The zero-order valence-corrected chi connectivity index (χ0v) is 9.96. The molecule has 1 fully saturated rings. The highest BCUT2D eigenvalue weighted by atomic mass is 16.4. The van der Waals surface area contributed by atoms with Gasteiger partial charge in [-0.05, 0) is 18.6 Å². The molecule has 0 saturated carbocycles. The fourth-order valence-electron chi connectivity index (χ4n) is 2.09. The first-order valence-corrected chi connectivity index (χ1v) is 5.90. The van der Waals surface area contributed by atoms with Crippen LogP contribution in [0.25, 0.3) is 0 Å². The van der Waals surface area contributed by atoms with Crippen molar-refractivity contribution in [1.82, 2.24) is 10.2 Å². The van der Waals surface area contributed by atoms with Crippen molar-refractivity contribution in [3.63, 3.8) is 0 Å². The number of carbonyl (C=O) groups is 2. The van der Waals surface area contributed by atoms with Crippen molar-refractivity contribution >= 4 is 11.9 Å². The monoisotopic (exact) mass is 252 g/mol. The smallest absolute Gasteiger partial charge is 0.303 e. The summed E-state index contributed by atoms with van der Waals surface area (Å²) in [5.74, 6) is -0.0667. The highest BCUT2D eigenvalue weighted by Crippen LogP contribution is 2.14. The van der Waals surface area contributed by atoms with Crippen LogP contribution in [0.1, 0.15) is 18.6 Å². The molecule has 2 rings (SSSR count). The molecule has 2 N–H and O–H groups in total. The summed E-state index contributed by atoms with van der Waals surface area (Å²) in [7, 11) is 0. The first-order chi connectivity index (χ1) is 8.65. The van der Waals surface area contributed by atoms with Crippen LogP contribution in [0.5, 0.6) is 0 Å². The fraction of sp³-hybridized carbons (Fsp3) is 0.500. The van der Waals surface area contributed by atoms with Crippen LogP contribution in [0.4, 0.5) is 0 Å². The van der Waals surface area contributed by atoms with E-state index in [9.17, 15) is 9.59 Å². The first-order valence-electron chi connectivity index (χ1n) is 5.90. The van der Waals surface area contributed by atoms with Crippen LogP contribution in [0, 0.1) is 0 Å². The van der Waals surface area contributed by atoms with E-state index in [0.717, 1.165) is 5.76 Å². The number of piperazine rings is 1. The number of carboxylic acids is 1. The predicted octanol–water partition coefficient (Wildman–Crippen LogP) is 0.445. The van der Waals surface area contributed by atoms with Gasteiger partial charge in [-0.15, -0.1) is 0 Å². The molecule has 6 nitrogen and oxygen atoms in total. The lowest BCUT2D eigenvalue weighted by atomic mass is 10.1. The van der Waals surface area contributed by atoms with Gasteiger partial charge in [-0.3, -0.25) is 14.5 Å². The molecule has 1 saturated heterocycles. The summed E-state index contributed by atoms with van der Waals surface area (Å²) in [6.07, 6.45) is 2.22. The normalized spacial score (nSPS) is 20.7. The van der Waals surface area contributed by atoms with E-state index in [1.54, 1.807) is 12.3 Å². The van der Waals surface area contributed by atoms with E-state index >= 15 is 0 Å². The van der Waals surface area contributed by atoms with Gasteiger partial charge in [-0.1, -0.05) is 0 Å². The Hall–Kier alpha value is -1.82. The lowest BCUT2D eigenvalue weighted by Crippen LogP contribution is -2.53. The summed E-state index contributed by atoms with van der Waals surface area (Å²) >= 11 is 0. The molecule has 18 heavy (non-hydrogen) atoms. The number of nitrogens with one attached hydrogen (secondary N) is 1. The summed E-state index contributed by atoms with van der Waals surface area (Å²) in [4.78, 5) is 24.0. The van der Waals surface area contributed by atoms with Gasteiger partial charge in [0.05, 0.1) is 19.4 Å². The Kier molecular flexibility index (Phi) is 3.99. The second kappa shape index (κ2) is 5.68. The lowest BCUT2D eigenvalue weighted by Gasteiger charge is -2.34. The van der Waals surface area contributed by atoms with Crippen LogP contribution in [0.2, 0.25) is 0 Å². The van der Waals surface area contributed by atoms with Crippen molar-refractivity contribution in [3.05, 3.63) is 24.2 Å². The van der Waals surface area contributed by atoms with Gasteiger partial charge in [0.2, 0.25) is 5.91 Å². The van der Waals surface area contributed by atoms with Crippen LogP contribution in [-0.4, -0.2) is 41.0 Å². The molecule has 0 radical (unpaired) electrons. The Morgan fingerprint density at radius 2 is 2.44 bits per heavy atom. The average molecular weight is 252 g/mol. The molecule has 1 amide bonds. The summed E-state index contributed by atoms with van der Waals surface area (Å²) in [6.45, 7) is 1.31. The molecule has 1 aromatic rings. The quantitative estimate of drug-likeness (QED) is 0.794. The third-order valence-corrected chi connectivity index (χ3v) is 3.03. The van der Waals surface area contributed by atoms with Crippen molar-refractivity contribution in [2.24, 2.45) is 0 Å². The Bertz CT molecular complexity index is 416. The molecule has 1 aromatic heterocycles. The molecule has 0 spiro atoms. The number of amides is 1. The van der Waals surface area contributed by atoms with Gasteiger partial charge in [0.1, 0.15) is 5.76 Å². The number of nitrogens with zero attached hydrogens (tertiary/aromatic N) is 1. The van der Waals surface area contributed by atoms with Gasteiger partial charge in [-0.25, -0.2) is 0 Å². The first kappa shape index (κ1) is 12.6. The van der Waals surface area contributed by atoms with E-state index in [0.29, 0.717) is 19.5 Å². The third-order valence-electron chi connectivity index (χ3n) is 3.03. The highest BCUT2D eigenvalue weighted by molar-refractivity contribution is 5.78. The van der Waals surface area contributed by atoms with Crippen molar-refractivity contribution in [3.8, 4) is 0 Å². The van der Waals surface area contributed by atoms with Crippen LogP contribution in [-0.2, 0) is 16.1 Å². The summed E-state index contributed by atoms with van der Waals surface area (Å²) in [5, 5.41) is 11.5. The molecule has 2 heterocycles. The van der Waals surface area contributed by atoms with Crippen LogP contribution in [0.3, 0.4) is 0 Å². The zero-order valence-electron chi connectivity index (χ0n) is 9.96. The van der Waals surface area contributed by atoms with Crippen LogP contribution in [0.15, 0.2) is 22.8 Å². The maximum Gasteiger partial charge on any atom is 0.303 e. The molecule has 0 aromatic carbocycles. The number of furan rings is 1. The van der Waals surface area contributed by atoms with E-state index in [1.165, 1.54) is 0 Å². The summed E-state index contributed by atoms with van der Waals surface area (Å²) < 4.78 is 5.26. The Morgan fingerprint density at radius 3 is 3.11 bits per heavy atom. The zero-order chi connectivity index (χ0) is 13.0. The molecule has 6 heteroatoms. The number of rotatable bonds is 5. The Balaban J connectivity index is 1.96. The maximum atomic E-state index is 11.4. The molecule has 1 unspecified atom stereocenters. The van der Waals surface area contributed by atoms with E-state index in [-0.39, 0.29) is 24.9 Å². The molecule has 98 valence electrons. The number of carboxylic acid groups (broad SMARTS) is 1. The van der Waals surface area contributed by atoms with E-state index < -0.39 is 5.97 Å². The van der Waals surface area contributed by atoms with Crippen molar-refractivity contribution < 1.29 is 19.1 Å². The van der Waals surface area contributed by atoms with Gasteiger partial charge in [-0.2, -0.15) is 0 Å². The molecule has 0 aliphatic carbocycles. The van der Waals surface area contributed by atoms with Gasteiger partial charge in [0, 0.05) is 19.0 Å². The summed E-state index contributed by atoms with van der Waals surface area (Å²) in [6, 6.07) is 3.69. The lowest BCUT2D eigenvalue weighted by molar-refractivity contribution is -0.137. The molecular formula is C12H16N2O4. The van der Waals surface area contributed by atoms with Crippen molar-refractivity contribution in [2.75, 3.05) is 13.1 Å². The second-order valence-electron chi connectivity index (χ2n) is 4.37. The molecule has 1 aliphatic heterocycles. The fourth-order valence-corrected chi connectivity index (χ4v) is 2.09. The summed E-state index contributed by atoms with van der Waals surface area (Å²) in [5.41, 5.74) is 0.